The van der Waals surface area contributed by atoms with Crippen LogP contribution in [0, 0.1) is 6.92 Å². The van der Waals surface area contributed by atoms with Gasteiger partial charge < -0.3 is 20.5 Å². The molecule has 6 heteroatoms. The summed E-state index contributed by atoms with van der Waals surface area (Å²) < 4.78 is 11.2. The van der Waals surface area contributed by atoms with Gasteiger partial charge in [-0.3, -0.25) is 4.79 Å². The topological polar surface area (TPSA) is 73.6 Å². The van der Waals surface area contributed by atoms with E-state index >= 15 is 0 Å². The fourth-order valence-electron chi connectivity index (χ4n) is 2.04. The Bertz CT molecular complexity index is 662. The van der Waals surface area contributed by atoms with E-state index in [2.05, 4.69) is 5.32 Å². The molecule has 1 amide bonds. The van der Waals surface area contributed by atoms with Gasteiger partial charge in [0.05, 0.1) is 18.1 Å². The number of anilines is 2. The van der Waals surface area contributed by atoms with Crippen LogP contribution in [0.2, 0.25) is 0 Å². The third kappa shape index (κ3) is 2.95. The number of carbonyl (C=O) groups is 1. The number of carbonyl (C=O) groups excluding carboxylic acids is 1. The molecular weight excluding hydrogens is 288 g/mol. The number of hydrogen-bond donors (Lipinski definition) is 2. The van der Waals surface area contributed by atoms with Gasteiger partial charge in [-0.15, -0.1) is 11.3 Å². The molecule has 3 rings (SSSR count). The Morgan fingerprint density at radius 2 is 2.00 bits per heavy atom. The van der Waals surface area contributed by atoms with E-state index in [1.54, 1.807) is 18.2 Å². The molecule has 1 aliphatic heterocycles. The molecule has 0 fully saturated rings. The van der Waals surface area contributed by atoms with Crippen LogP contribution in [0.4, 0.5) is 11.4 Å². The van der Waals surface area contributed by atoms with E-state index in [1.165, 1.54) is 11.3 Å². The van der Waals surface area contributed by atoms with Crippen LogP contribution in [0.3, 0.4) is 0 Å². The van der Waals surface area contributed by atoms with Gasteiger partial charge >= 0.3 is 0 Å². The summed E-state index contributed by atoms with van der Waals surface area (Å²) in [5, 5.41) is 2.85. The molecule has 0 bridgehead atoms. The van der Waals surface area contributed by atoms with E-state index in [1.807, 2.05) is 13.0 Å². The molecule has 110 valence electrons. The fourth-order valence-corrected chi connectivity index (χ4v) is 2.88. The molecule has 2 aromatic rings. The molecule has 0 aliphatic carbocycles. The SMILES string of the molecule is Cc1sc(C(=O)Nc2ccc3c(c2)OCCCO3)cc1N. The molecule has 0 radical (unpaired) electrons. The summed E-state index contributed by atoms with van der Waals surface area (Å²) in [5.74, 6) is 1.20. The molecule has 1 aromatic carbocycles. The minimum Gasteiger partial charge on any atom is -0.490 e. The Labute approximate surface area is 126 Å². The summed E-state index contributed by atoms with van der Waals surface area (Å²) in [5.41, 5.74) is 7.09. The van der Waals surface area contributed by atoms with Crippen LogP contribution in [-0.4, -0.2) is 19.1 Å². The fraction of sp³-hybridized carbons (Fsp3) is 0.267. The third-order valence-corrected chi connectivity index (χ3v) is 4.25. The molecule has 1 aromatic heterocycles. The maximum absolute atomic E-state index is 12.2. The number of nitrogens with one attached hydrogen (secondary N) is 1. The first kappa shape index (κ1) is 13.8. The highest BCUT2D eigenvalue weighted by Gasteiger charge is 2.14. The van der Waals surface area contributed by atoms with Crippen molar-refractivity contribution in [2.24, 2.45) is 0 Å². The van der Waals surface area contributed by atoms with Crippen molar-refractivity contribution in [1.29, 1.82) is 0 Å². The van der Waals surface area contributed by atoms with E-state index < -0.39 is 0 Å². The molecule has 0 spiro atoms. The molecule has 2 heterocycles. The smallest absolute Gasteiger partial charge is 0.265 e. The lowest BCUT2D eigenvalue weighted by atomic mass is 10.2. The quantitative estimate of drug-likeness (QED) is 0.894. The molecule has 0 unspecified atom stereocenters. The predicted molar refractivity (Wildman–Crippen MR) is 83.5 cm³/mol. The number of amides is 1. The van der Waals surface area contributed by atoms with Gasteiger partial charge in [-0.1, -0.05) is 0 Å². The number of nitrogen functional groups attached to an aromatic ring is 1. The van der Waals surface area contributed by atoms with Gasteiger partial charge in [0.2, 0.25) is 0 Å². The average Bonchev–Trinajstić information content (AvgIpc) is 2.68. The van der Waals surface area contributed by atoms with Crippen LogP contribution in [-0.2, 0) is 0 Å². The first-order chi connectivity index (χ1) is 10.1. The van der Waals surface area contributed by atoms with Crippen LogP contribution in [0.25, 0.3) is 0 Å². The Hall–Kier alpha value is -2.21. The molecule has 0 saturated carbocycles. The van der Waals surface area contributed by atoms with Crippen LogP contribution < -0.4 is 20.5 Å². The number of nitrogens with two attached hydrogens (primary N) is 1. The highest BCUT2D eigenvalue weighted by molar-refractivity contribution is 7.14. The van der Waals surface area contributed by atoms with Crippen LogP contribution >= 0.6 is 11.3 Å². The lowest BCUT2D eigenvalue weighted by molar-refractivity contribution is 0.103. The lowest BCUT2D eigenvalue weighted by Crippen LogP contribution is -2.10. The second-order valence-electron chi connectivity index (χ2n) is 4.79. The van der Waals surface area contributed by atoms with Crippen molar-refractivity contribution in [3.8, 4) is 11.5 Å². The van der Waals surface area contributed by atoms with E-state index in [0.29, 0.717) is 41.0 Å². The number of ether oxygens (including phenoxy) is 2. The molecular formula is C15H16N2O3S. The van der Waals surface area contributed by atoms with E-state index in [-0.39, 0.29) is 5.91 Å². The van der Waals surface area contributed by atoms with Gasteiger partial charge in [-0.05, 0) is 25.1 Å². The number of hydrogen-bond acceptors (Lipinski definition) is 5. The Balaban J connectivity index is 1.78. The summed E-state index contributed by atoms with van der Waals surface area (Å²) in [7, 11) is 0. The Morgan fingerprint density at radius 3 is 2.71 bits per heavy atom. The van der Waals surface area contributed by atoms with E-state index in [4.69, 9.17) is 15.2 Å². The second kappa shape index (κ2) is 5.65. The number of thiophene rings is 1. The summed E-state index contributed by atoms with van der Waals surface area (Å²) in [6.07, 6.45) is 0.851. The normalized spacial score (nSPS) is 13.6. The van der Waals surface area contributed by atoms with E-state index in [0.717, 1.165) is 11.3 Å². The standard InChI is InChI=1S/C15H16N2O3S/c1-9-11(16)8-14(21-9)15(18)17-10-3-4-12-13(7-10)20-6-2-5-19-12/h3-4,7-8H,2,5-6,16H2,1H3,(H,17,18). The number of benzene rings is 1. The van der Waals surface area contributed by atoms with Crippen LogP contribution in [0.1, 0.15) is 21.0 Å². The van der Waals surface area contributed by atoms with Crippen molar-refractivity contribution in [2.45, 2.75) is 13.3 Å². The van der Waals surface area contributed by atoms with Gasteiger partial charge in [0, 0.05) is 28.7 Å². The monoisotopic (exact) mass is 304 g/mol. The van der Waals surface area contributed by atoms with Gasteiger partial charge in [0.15, 0.2) is 11.5 Å². The molecule has 1 aliphatic rings. The van der Waals surface area contributed by atoms with Gasteiger partial charge in [0.1, 0.15) is 0 Å². The van der Waals surface area contributed by atoms with Crippen molar-refractivity contribution in [1.82, 2.24) is 0 Å². The zero-order valence-electron chi connectivity index (χ0n) is 11.6. The second-order valence-corrected chi connectivity index (χ2v) is 6.04. The summed E-state index contributed by atoms with van der Waals surface area (Å²) >= 11 is 1.38. The van der Waals surface area contributed by atoms with Gasteiger partial charge in [-0.25, -0.2) is 0 Å². The van der Waals surface area contributed by atoms with Crippen LogP contribution in [0.5, 0.6) is 11.5 Å². The highest BCUT2D eigenvalue weighted by Crippen LogP contribution is 2.32. The Morgan fingerprint density at radius 1 is 1.24 bits per heavy atom. The van der Waals surface area contributed by atoms with Crippen LogP contribution in [0.15, 0.2) is 24.3 Å². The van der Waals surface area contributed by atoms with Crippen molar-refractivity contribution in [3.05, 3.63) is 34.0 Å². The zero-order valence-corrected chi connectivity index (χ0v) is 12.5. The molecule has 0 atom stereocenters. The molecule has 3 N–H and O–H groups in total. The largest absolute Gasteiger partial charge is 0.490 e. The van der Waals surface area contributed by atoms with Crippen molar-refractivity contribution in [2.75, 3.05) is 24.3 Å². The minimum absolute atomic E-state index is 0.172. The summed E-state index contributed by atoms with van der Waals surface area (Å²) in [4.78, 5) is 13.7. The van der Waals surface area contributed by atoms with Crippen molar-refractivity contribution in [3.63, 3.8) is 0 Å². The molecule has 5 nitrogen and oxygen atoms in total. The predicted octanol–water partition coefficient (Wildman–Crippen LogP) is 3.05. The number of rotatable bonds is 2. The van der Waals surface area contributed by atoms with Gasteiger partial charge in [0.25, 0.3) is 5.91 Å². The van der Waals surface area contributed by atoms with Crippen molar-refractivity contribution < 1.29 is 14.3 Å². The number of aryl methyl sites for hydroxylation is 1. The lowest BCUT2D eigenvalue weighted by Gasteiger charge is -2.09. The summed E-state index contributed by atoms with van der Waals surface area (Å²) in [6.45, 7) is 3.15. The minimum atomic E-state index is -0.172. The van der Waals surface area contributed by atoms with Gasteiger partial charge in [-0.2, -0.15) is 0 Å². The molecule has 21 heavy (non-hydrogen) atoms. The zero-order chi connectivity index (χ0) is 14.8. The highest BCUT2D eigenvalue weighted by atomic mass is 32.1. The van der Waals surface area contributed by atoms with Crippen molar-refractivity contribution >= 4 is 28.6 Å². The average molecular weight is 304 g/mol. The summed E-state index contributed by atoms with van der Waals surface area (Å²) in [6, 6.07) is 7.08. The molecule has 0 saturated heterocycles. The maximum atomic E-state index is 12.2. The first-order valence-electron chi connectivity index (χ1n) is 6.70. The third-order valence-electron chi connectivity index (χ3n) is 3.19. The first-order valence-corrected chi connectivity index (χ1v) is 7.52. The number of fused-ring (bicyclic) bond motifs is 1. The van der Waals surface area contributed by atoms with E-state index in [9.17, 15) is 4.79 Å². The maximum Gasteiger partial charge on any atom is 0.265 e. The Kier molecular flexibility index (Phi) is 3.70.